The summed E-state index contributed by atoms with van der Waals surface area (Å²) in [5, 5.41) is 18.0. The van der Waals surface area contributed by atoms with Crippen molar-refractivity contribution in [2.75, 3.05) is 0 Å². The molecule has 1 aromatic carbocycles. The SMILES string of the molecule is CC12CCC(C(=O)NCc3ccco3)(CC1=NOC(=O)c1ccc([N+](=O)[O-])cc1)C2(C)C. The van der Waals surface area contributed by atoms with Crippen LogP contribution in [0, 0.1) is 26.4 Å². The van der Waals surface area contributed by atoms with Crippen LogP contribution in [0.2, 0.25) is 0 Å². The number of furan rings is 1. The van der Waals surface area contributed by atoms with Crippen LogP contribution in [-0.4, -0.2) is 22.5 Å². The zero-order valence-corrected chi connectivity index (χ0v) is 18.2. The minimum absolute atomic E-state index is 0.0606. The lowest BCUT2D eigenvalue weighted by Crippen LogP contribution is -2.46. The second-order valence-corrected chi connectivity index (χ2v) is 9.20. The summed E-state index contributed by atoms with van der Waals surface area (Å²) < 4.78 is 5.31. The third-order valence-corrected chi connectivity index (χ3v) is 7.72. The van der Waals surface area contributed by atoms with E-state index in [9.17, 15) is 19.7 Å². The second-order valence-electron chi connectivity index (χ2n) is 9.20. The first-order chi connectivity index (χ1) is 15.1. The summed E-state index contributed by atoms with van der Waals surface area (Å²) in [4.78, 5) is 41.2. The first kappa shape index (κ1) is 21.7. The van der Waals surface area contributed by atoms with Gasteiger partial charge in [0.15, 0.2) is 0 Å². The van der Waals surface area contributed by atoms with E-state index in [4.69, 9.17) is 9.25 Å². The van der Waals surface area contributed by atoms with Crippen LogP contribution < -0.4 is 5.32 Å². The van der Waals surface area contributed by atoms with Crippen molar-refractivity contribution < 1.29 is 23.8 Å². The molecule has 9 heteroatoms. The molecule has 2 aromatic rings. The molecule has 9 nitrogen and oxygen atoms in total. The first-order valence-corrected chi connectivity index (χ1v) is 10.4. The van der Waals surface area contributed by atoms with E-state index in [2.05, 4.69) is 31.2 Å². The van der Waals surface area contributed by atoms with Crippen molar-refractivity contribution in [3.05, 3.63) is 64.1 Å². The number of nitro benzene ring substituents is 1. The molecule has 2 saturated carbocycles. The van der Waals surface area contributed by atoms with Crippen LogP contribution in [-0.2, 0) is 16.2 Å². The number of rotatable bonds is 6. The van der Waals surface area contributed by atoms with E-state index in [1.54, 1.807) is 18.4 Å². The van der Waals surface area contributed by atoms with E-state index < -0.39 is 27.1 Å². The fourth-order valence-electron chi connectivity index (χ4n) is 5.14. The van der Waals surface area contributed by atoms with Gasteiger partial charge >= 0.3 is 5.97 Å². The molecule has 2 aliphatic rings. The van der Waals surface area contributed by atoms with Crippen molar-refractivity contribution in [2.24, 2.45) is 21.4 Å². The van der Waals surface area contributed by atoms with E-state index in [-0.39, 0.29) is 17.2 Å². The predicted molar refractivity (Wildman–Crippen MR) is 115 cm³/mol. The minimum Gasteiger partial charge on any atom is -0.467 e. The maximum atomic E-state index is 13.3. The average molecular weight is 439 g/mol. The zero-order chi connectivity index (χ0) is 23.1. The molecule has 1 amide bonds. The largest absolute Gasteiger partial charge is 0.467 e. The maximum absolute atomic E-state index is 13.3. The molecule has 4 rings (SSSR count). The number of hydrogen-bond acceptors (Lipinski definition) is 7. The molecule has 0 saturated heterocycles. The molecule has 0 radical (unpaired) electrons. The van der Waals surface area contributed by atoms with Gasteiger partial charge in [-0.25, -0.2) is 4.79 Å². The molecule has 2 bridgehead atoms. The summed E-state index contributed by atoms with van der Waals surface area (Å²) in [7, 11) is 0. The number of benzene rings is 1. The summed E-state index contributed by atoms with van der Waals surface area (Å²) in [6, 6.07) is 8.72. The normalized spacial score (nSPS) is 26.8. The Labute approximate surface area is 185 Å². The maximum Gasteiger partial charge on any atom is 0.365 e. The van der Waals surface area contributed by atoms with Gasteiger partial charge in [-0.3, -0.25) is 14.9 Å². The van der Waals surface area contributed by atoms with Gasteiger partial charge in [0.25, 0.3) is 5.69 Å². The van der Waals surface area contributed by atoms with Gasteiger partial charge in [-0.15, -0.1) is 0 Å². The van der Waals surface area contributed by atoms with E-state index in [1.807, 2.05) is 0 Å². The van der Waals surface area contributed by atoms with Crippen LogP contribution in [0.1, 0.15) is 56.2 Å². The molecule has 2 fully saturated rings. The van der Waals surface area contributed by atoms with Gasteiger partial charge in [-0.1, -0.05) is 25.9 Å². The molecule has 32 heavy (non-hydrogen) atoms. The highest BCUT2D eigenvalue weighted by atomic mass is 16.7. The van der Waals surface area contributed by atoms with Crippen molar-refractivity contribution in [3.63, 3.8) is 0 Å². The van der Waals surface area contributed by atoms with Gasteiger partial charge in [0, 0.05) is 24.0 Å². The van der Waals surface area contributed by atoms with Gasteiger partial charge in [0.2, 0.25) is 5.91 Å². The Hall–Kier alpha value is -3.49. The van der Waals surface area contributed by atoms with Crippen LogP contribution in [0.5, 0.6) is 0 Å². The second kappa shape index (κ2) is 7.58. The molecular weight excluding hydrogens is 414 g/mol. The third-order valence-electron chi connectivity index (χ3n) is 7.72. The lowest BCUT2D eigenvalue weighted by Gasteiger charge is -2.39. The minimum atomic E-state index is -0.701. The Morgan fingerprint density at radius 2 is 1.91 bits per heavy atom. The van der Waals surface area contributed by atoms with Crippen molar-refractivity contribution in [1.29, 1.82) is 0 Å². The van der Waals surface area contributed by atoms with Crippen molar-refractivity contribution in [2.45, 2.75) is 46.6 Å². The molecule has 2 unspecified atom stereocenters. The monoisotopic (exact) mass is 439 g/mol. The van der Waals surface area contributed by atoms with Crippen molar-refractivity contribution in [3.8, 4) is 0 Å². The topological polar surface area (TPSA) is 124 Å². The Morgan fingerprint density at radius 1 is 1.19 bits per heavy atom. The Morgan fingerprint density at radius 3 is 2.53 bits per heavy atom. The van der Waals surface area contributed by atoms with Crippen molar-refractivity contribution in [1.82, 2.24) is 5.32 Å². The highest BCUT2D eigenvalue weighted by Crippen LogP contribution is 2.71. The van der Waals surface area contributed by atoms with Gasteiger partial charge < -0.3 is 14.6 Å². The summed E-state index contributed by atoms with van der Waals surface area (Å²) in [5.41, 5.74) is -0.725. The summed E-state index contributed by atoms with van der Waals surface area (Å²) in [5.74, 6) is -0.0837. The predicted octanol–water partition coefficient (Wildman–Crippen LogP) is 4.23. The number of amides is 1. The highest BCUT2D eigenvalue weighted by Gasteiger charge is 2.71. The molecule has 1 heterocycles. The lowest BCUT2D eigenvalue weighted by molar-refractivity contribution is -0.384. The van der Waals surface area contributed by atoms with E-state index >= 15 is 0 Å². The van der Waals surface area contributed by atoms with Crippen LogP contribution in [0.4, 0.5) is 5.69 Å². The van der Waals surface area contributed by atoms with Crippen molar-refractivity contribution >= 4 is 23.3 Å². The molecule has 2 atom stereocenters. The highest BCUT2D eigenvalue weighted by molar-refractivity contribution is 6.02. The van der Waals surface area contributed by atoms with Crippen LogP contribution in [0.3, 0.4) is 0 Å². The van der Waals surface area contributed by atoms with Gasteiger partial charge in [-0.05, 0) is 42.5 Å². The van der Waals surface area contributed by atoms with Crippen LogP contribution in [0.15, 0.2) is 52.2 Å². The third kappa shape index (κ3) is 3.19. The van der Waals surface area contributed by atoms with Gasteiger partial charge in [0.1, 0.15) is 5.76 Å². The molecule has 168 valence electrons. The number of carbonyl (C=O) groups is 2. The standard InChI is InChI=1S/C23H25N3O6/c1-21(2)22(3)10-11-23(21,20(28)24-14-17-5-4-12-31-17)13-18(22)25-32-19(27)15-6-8-16(9-7-15)26(29)30/h4-9,12H,10-11,13-14H2,1-3H3,(H,24,28). The summed E-state index contributed by atoms with van der Waals surface area (Å²) >= 11 is 0. The van der Waals surface area contributed by atoms with Crippen LogP contribution in [0.25, 0.3) is 0 Å². The molecule has 1 N–H and O–H groups in total. The Kier molecular flexibility index (Phi) is 5.15. The molecule has 0 aliphatic heterocycles. The lowest BCUT2D eigenvalue weighted by atomic mass is 9.64. The molecular formula is C23H25N3O6. The number of fused-ring (bicyclic) bond motifs is 2. The van der Waals surface area contributed by atoms with Crippen LogP contribution >= 0.6 is 0 Å². The molecule has 1 aromatic heterocycles. The number of nitro groups is 1. The first-order valence-electron chi connectivity index (χ1n) is 10.4. The number of nitrogens with one attached hydrogen (secondary N) is 1. The average Bonchev–Trinajstić information content (AvgIpc) is 3.40. The van der Waals surface area contributed by atoms with Gasteiger partial charge in [0.05, 0.1) is 34.4 Å². The van der Waals surface area contributed by atoms with E-state index in [1.165, 1.54) is 24.3 Å². The number of carbonyl (C=O) groups excluding carboxylic acids is 2. The number of nitrogens with zero attached hydrogens (tertiary/aromatic N) is 2. The Balaban J connectivity index is 1.51. The summed E-state index contributed by atoms with van der Waals surface area (Å²) in [6.07, 6.45) is 3.43. The summed E-state index contributed by atoms with van der Waals surface area (Å²) in [6.45, 7) is 6.49. The van der Waals surface area contributed by atoms with E-state index in [0.717, 1.165) is 12.8 Å². The fraction of sp³-hybridized carbons (Fsp3) is 0.435. The quantitative estimate of drug-likeness (QED) is 0.408. The van der Waals surface area contributed by atoms with Gasteiger partial charge in [-0.2, -0.15) is 0 Å². The molecule has 0 spiro atoms. The Bertz CT molecular complexity index is 1090. The number of non-ortho nitro benzene ring substituents is 1. The fourth-order valence-corrected chi connectivity index (χ4v) is 5.14. The zero-order valence-electron chi connectivity index (χ0n) is 18.2. The number of oxime groups is 1. The van der Waals surface area contributed by atoms with E-state index in [0.29, 0.717) is 24.4 Å². The smallest absolute Gasteiger partial charge is 0.365 e. The molecule has 2 aliphatic carbocycles. The number of hydrogen-bond donors (Lipinski definition) is 1.